The van der Waals surface area contributed by atoms with Gasteiger partial charge in [-0.3, -0.25) is 0 Å². The van der Waals surface area contributed by atoms with Crippen molar-refractivity contribution >= 4 is 17.5 Å². The fourth-order valence-corrected chi connectivity index (χ4v) is 2.72. The molecule has 0 amide bonds. The number of aromatic nitrogens is 3. The molecule has 0 fully saturated rings. The highest BCUT2D eigenvalue weighted by molar-refractivity contribution is 5.64. The third-order valence-corrected chi connectivity index (χ3v) is 3.94. The van der Waals surface area contributed by atoms with Crippen LogP contribution >= 0.6 is 0 Å². The molecule has 2 aromatic carbocycles. The van der Waals surface area contributed by atoms with Crippen LogP contribution in [-0.4, -0.2) is 34.9 Å². The van der Waals surface area contributed by atoms with E-state index >= 15 is 0 Å². The zero-order valence-electron chi connectivity index (χ0n) is 16.3. The van der Waals surface area contributed by atoms with E-state index in [0.29, 0.717) is 18.3 Å². The first-order valence-corrected chi connectivity index (χ1v) is 9.24. The molecule has 3 aromatic rings. The maximum absolute atomic E-state index is 5.83. The van der Waals surface area contributed by atoms with Crippen molar-refractivity contribution in [3.05, 3.63) is 60.3 Å². The summed E-state index contributed by atoms with van der Waals surface area (Å²) in [5.74, 6) is 2.69. The summed E-state index contributed by atoms with van der Waals surface area (Å²) >= 11 is 0. The van der Waals surface area contributed by atoms with Gasteiger partial charge >= 0.3 is 0 Å². The number of rotatable bonds is 9. The van der Waals surface area contributed by atoms with Crippen LogP contribution in [0.15, 0.2) is 54.7 Å². The van der Waals surface area contributed by atoms with Gasteiger partial charge in [0, 0.05) is 6.54 Å². The van der Waals surface area contributed by atoms with Crippen LogP contribution in [0.25, 0.3) is 0 Å². The second kappa shape index (κ2) is 9.55. The van der Waals surface area contributed by atoms with Crippen molar-refractivity contribution in [2.24, 2.45) is 0 Å². The molecular formula is C21H25N5O2. The molecule has 3 rings (SSSR count). The van der Waals surface area contributed by atoms with Crippen molar-refractivity contribution in [1.82, 2.24) is 15.2 Å². The molecule has 1 heterocycles. The number of hydrogen-bond acceptors (Lipinski definition) is 7. The predicted molar refractivity (Wildman–Crippen MR) is 111 cm³/mol. The van der Waals surface area contributed by atoms with E-state index in [1.807, 2.05) is 62.4 Å². The second-order valence-corrected chi connectivity index (χ2v) is 6.44. The number of nitrogens with zero attached hydrogens (tertiary/aromatic N) is 3. The summed E-state index contributed by atoms with van der Waals surface area (Å²) in [5, 5.41) is 14.5. The second-order valence-electron chi connectivity index (χ2n) is 6.44. The standard InChI is InChI=1S/C21H25N5O2/c1-15(2)28-19-11-7-5-9-17(19)24-20-14-23-26-21(25-20)22-13-12-16-8-4-6-10-18(16)27-3/h4-11,14-15H,12-13H2,1-3H3,(H2,22,24,25,26). The van der Waals surface area contributed by atoms with Crippen LogP contribution in [0.5, 0.6) is 11.5 Å². The number of ether oxygens (including phenoxy) is 2. The molecule has 0 aliphatic carbocycles. The van der Waals surface area contributed by atoms with Crippen LogP contribution in [0, 0.1) is 0 Å². The Morgan fingerprint density at radius 3 is 2.54 bits per heavy atom. The molecule has 0 bridgehead atoms. The largest absolute Gasteiger partial charge is 0.496 e. The summed E-state index contributed by atoms with van der Waals surface area (Å²) in [6.45, 7) is 4.65. The van der Waals surface area contributed by atoms with Crippen LogP contribution in [0.2, 0.25) is 0 Å². The maximum atomic E-state index is 5.83. The van der Waals surface area contributed by atoms with E-state index in [-0.39, 0.29) is 6.10 Å². The number of para-hydroxylation sites is 3. The van der Waals surface area contributed by atoms with E-state index in [9.17, 15) is 0 Å². The van der Waals surface area contributed by atoms with Gasteiger partial charge in [-0.05, 0) is 44.0 Å². The SMILES string of the molecule is COc1ccccc1CCNc1nncc(Nc2ccccc2OC(C)C)n1. The zero-order valence-corrected chi connectivity index (χ0v) is 16.3. The van der Waals surface area contributed by atoms with Gasteiger partial charge in [-0.2, -0.15) is 10.1 Å². The summed E-state index contributed by atoms with van der Waals surface area (Å²) in [4.78, 5) is 4.48. The van der Waals surface area contributed by atoms with Crippen molar-refractivity contribution in [3.8, 4) is 11.5 Å². The van der Waals surface area contributed by atoms with E-state index in [4.69, 9.17) is 9.47 Å². The minimum absolute atomic E-state index is 0.0821. The molecule has 0 unspecified atom stereocenters. The highest BCUT2D eigenvalue weighted by atomic mass is 16.5. The number of anilines is 3. The molecule has 0 radical (unpaired) electrons. The Morgan fingerprint density at radius 1 is 1.00 bits per heavy atom. The van der Waals surface area contributed by atoms with Crippen LogP contribution in [0.1, 0.15) is 19.4 Å². The lowest BCUT2D eigenvalue weighted by Crippen LogP contribution is -2.11. The molecule has 0 spiro atoms. The van der Waals surface area contributed by atoms with E-state index in [0.717, 1.165) is 29.2 Å². The monoisotopic (exact) mass is 379 g/mol. The average molecular weight is 379 g/mol. The lowest BCUT2D eigenvalue weighted by molar-refractivity contribution is 0.244. The smallest absolute Gasteiger partial charge is 0.244 e. The lowest BCUT2D eigenvalue weighted by Gasteiger charge is -2.15. The van der Waals surface area contributed by atoms with Gasteiger partial charge in [0.1, 0.15) is 11.5 Å². The van der Waals surface area contributed by atoms with Gasteiger partial charge in [0.15, 0.2) is 5.82 Å². The number of hydrogen-bond donors (Lipinski definition) is 2. The van der Waals surface area contributed by atoms with E-state index < -0.39 is 0 Å². The molecule has 7 nitrogen and oxygen atoms in total. The van der Waals surface area contributed by atoms with Crippen LogP contribution < -0.4 is 20.1 Å². The van der Waals surface area contributed by atoms with Crippen molar-refractivity contribution in [3.63, 3.8) is 0 Å². The van der Waals surface area contributed by atoms with Crippen LogP contribution in [-0.2, 0) is 6.42 Å². The van der Waals surface area contributed by atoms with Gasteiger partial charge in [0.2, 0.25) is 5.95 Å². The summed E-state index contributed by atoms with van der Waals surface area (Å²) in [6.07, 6.45) is 2.45. The fraction of sp³-hybridized carbons (Fsp3) is 0.286. The molecule has 0 saturated carbocycles. The third kappa shape index (κ3) is 5.33. The number of benzene rings is 2. The Hall–Kier alpha value is -3.35. The van der Waals surface area contributed by atoms with E-state index in [2.05, 4.69) is 25.8 Å². The number of methoxy groups -OCH3 is 1. The Balaban J connectivity index is 1.63. The first-order valence-electron chi connectivity index (χ1n) is 9.24. The van der Waals surface area contributed by atoms with Gasteiger partial charge in [0.05, 0.1) is 25.1 Å². The highest BCUT2D eigenvalue weighted by Crippen LogP contribution is 2.27. The molecule has 1 aromatic heterocycles. The summed E-state index contributed by atoms with van der Waals surface area (Å²) in [7, 11) is 1.68. The molecule has 7 heteroatoms. The van der Waals surface area contributed by atoms with E-state index in [1.165, 1.54) is 0 Å². The summed E-state index contributed by atoms with van der Waals surface area (Å²) < 4.78 is 11.2. The van der Waals surface area contributed by atoms with Gasteiger partial charge in [-0.1, -0.05) is 30.3 Å². The molecule has 0 atom stereocenters. The molecular weight excluding hydrogens is 354 g/mol. The molecule has 146 valence electrons. The van der Waals surface area contributed by atoms with Crippen molar-refractivity contribution < 1.29 is 9.47 Å². The lowest BCUT2D eigenvalue weighted by atomic mass is 10.1. The number of nitrogens with one attached hydrogen (secondary N) is 2. The summed E-state index contributed by atoms with van der Waals surface area (Å²) in [5.41, 5.74) is 1.95. The molecule has 0 aliphatic rings. The minimum Gasteiger partial charge on any atom is -0.496 e. The average Bonchev–Trinajstić information content (AvgIpc) is 2.70. The van der Waals surface area contributed by atoms with Crippen LogP contribution in [0.3, 0.4) is 0 Å². The first-order chi connectivity index (χ1) is 13.7. The maximum Gasteiger partial charge on any atom is 0.244 e. The first kappa shape index (κ1) is 19.4. The molecule has 0 aliphatic heterocycles. The highest BCUT2D eigenvalue weighted by Gasteiger charge is 2.08. The van der Waals surface area contributed by atoms with Crippen molar-refractivity contribution in [1.29, 1.82) is 0 Å². The topological polar surface area (TPSA) is 81.2 Å². The Bertz CT molecular complexity index is 901. The fourth-order valence-electron chi connectivity index (χ4n) is 2.72. The Kier molecular flexibility index (Phi) is 6.62. The molecule has 2 N–H and O–H groups in total. The normalized spacial score (nSPS) is 10.6. The Labute approximate surface area is 165 Å². The van der Waals surface area contributed by atoms with Gasteiger partial charge in [-0.25, -0.2) is 0 Å². The molecule has 0 saturated heterocycles. The van der Waals surface area contributed by atoms with E-state index in [1.54, 1.807) is 13.3 Å². The van der Waals surface area contributed by atoms with Crippen LogP contribution in [0.4, 0.5) is 17.5 Å². The predicted octanol–water partition coefficient (Wildman–Crippen LogP) is 4.07. The van der Waals surface area contributed by atoms with Gasteiger partial charge in [-0.15, -0.1) is 5.10 Å². The summed E-state index contributed by atoms with van der Waals surface area (Å²) in [6, 6.07) is 15.7. The van der Waals surface area contributed by atoms with Gasteiger partial charge in [0.25, 0.3) is 0 Å². The van der Waals surface area contributed by atoms with Crippen molar-refractivity contribution in [2.45, 2.75) is 26.4 Å². The van der Waals surface area contributed by atoms with Crippen molar-refractivity contribution in [2.75, 3.05) is 24.3 Å². The van der Waals surface area contributed by atoms with Gasteiger partial charge < -0.3 is 20.1 Å². The Morgan fingerprint density at radius 2 is 1.75 bits per heavy atom. The minimum atomic E-state index is 0.0821. The zero-order chi connectivity index (χ0) is 19.8. The quantitative estimate of drug-likeness (QED) is 0.580. The third-order valence-electron chi connectivity index (χ3n) is 3.94. The molecule has 28 heavy (non-hydrogen) atoms.